The highest BCUT2D eigenvalue weighted by Gasteiger charge is 2.60. The van der Waals surface area contributed by atoms with E-state index in [1.165, 1.54) is 12.1 Å². The van der Waals surface area contributed by atoms with Gasteiger partial charge in [-0.1, -0.05) is 11.6 Å². The first-order chi connectivity index (χ1) is 8.65. The van der Waals surface area contributed by atoms with Crippen LogP contribution in [0.4, 0.5) is 4.39 Å². The normalized spacial score (nSPS) is 27.8. The molecule has 2 aliphatic rings. The van der Waals surface area contributed by atoms with Gasteiger partial charge < -0.3 is 9.47 Å². The number of hydrogen-bond donors (Lipinski definition) is 0. The number of ether oxygens (including phenoxy) is 2. The molecule has 1 unspecified atom stereocenters. The van der Waals surface area contributed by atoms with Gasteiger partial charge in [-0.15, -0.1) is 0 Å². The van der Waals surface area contributed by atoms with E-state index in [0.717, 1.165) is 0 Å². The van der Waals surface area contributed by atoms with Gasteiger partial charge in [0.15, 0.2) is 0 Å². The number of benzene rings is 1. The molecule has 1 aromatic rings. The fraction of sp³-hybridized carbons (Fsp3) is 0.462. The summed E-state index contributed by atoms with van der Waals surface area (Å²) in [5, 5.41) is 0.388. The zero-order valence-electron chi connectivity index (χ0n) is 9.78. The van der Waals surface area contributed by atoms with Crippen LogP contribution in [0.15, 0.2) is 12.1 Å². The van der Waals surface area contributed by atoms with Crippen LogP contribution in [0, 0.1) is 17.7 Å². The Morgan fingerprint density at radius 1 is 1.61 bits per heavy atom. The summed E-state index contributed by atoms with van der Waals surface area (Å²) in [6.45, 7) is 2.48. The van der Waals surface area contributed by atoms with Gasteiger partial charge in [0.2, 0.25) is 0 Å². The lowest BCUT2D eigenvalue weighted by Crippen LogP contribution is -2.11. The van der Waals surface area contributed by atoms with Crippen molar-refractivity contribution in [2.24, 2.45) is 11.8 Å². The molecule has 18 heavy (non-hydrogen) atoms. The molecule has 96 valence electrons. The first-order valence-electron chi connectivity index (χ1n) is 5.92. The predicted molar refractivity (Wildman–Crippen MR) is 63.3 cm³/mol. The SMILES string of the molecule is CCOC(=O)C1[C@H]2COc3c(Cl)ccc(F)c3[C@@H]12. The van der Waals surface area contributed by atoms with Crippen molar-refractivity contribution in [3.8, 4) is 5.75 Å². The number of fused-ring (bicyclic) bond motifs is 3. The van der Waals surface area contributed by atoms with Gasteiger partial charge in [0.1, 0.15) is 11.6 Å². The van der Waals surface area contributed by atoms with Crippen LogP contribution in [-0.2, 0) is 9.53 Å². The minimum absolute atomic E-state index is 0.0181. The van der Waals surface area contributed by atoms with Gasteiger partial charge in [-0.3, -0.25) is 4.79 Å². The third kappa shape index (κ3) is 1.59. The molecule has 5 heteroatoms. The van der Waals surface area contributed by atoms with Crippen molar-refractivity contribution in [2.75, 3.05) is 13.2 Å². The molecule has 0 aromatic heterocycles. The molecule has 1 fully saturated rings. The predicted octanol–water partition coefficient (Wildman–Crippen LogP) is 2.76. The fourth-order valence-electron chi connectivity index (χ4n) is 2.72. The number of carbonyl (C=O) groups excluding carboxylic acids is 1. The van der Waals surface area contributed by atoms with E-state index in [1.807, 2.05) is 0 Å². The average Bonchev–Trinajstić information content (AvgIpc) is 3.08. The second-order valence-electron chi connectivity index (χ2n) is 4.55. The Labute approximate surface area is 109 Å². The molecule has 3 nitrogen and oxygen atoms in total. The van der Waals surface area contributed by atoms with Crippen molar-refractivity contribution in [2.45, 2.75) is 12.8 Å². The first-order valence-corrected chi connectivity index (χ1v) is 6.30. The Morgan fingerprint density at radius 2 is 2.39 bits per heavy atom. The summed E-state index contributed by atoms with van der Waals surface area (Å²) < 4.78 is 24.3. The summed E-state index contributed by atoms with van der Waals surface area (Å²) in [5.74, 6) is -0.681. The zero-order valence-corrected chi connectivity index (χ0v) is 10.5. The Hall–Kier alpha value is -1.29. The second-order valence-corrected chi connectivity index (χ2v) is 4.96. The Bertz CT molecular complexity index is 517. The minimum Gasteiger partial charge on any atom is -0.491 e. The van der Waals surface area contributed by atoms with E-state index in [2.05, 4.69) is 0 Å². The van der Waals surface area contributed by atoms with E-state index in [4.69, 9.17) is 21.1 Å². The second kappa shape index (κ2) is 4.12. The number of esters is 1. The van der Waals surface area contributed by atoms with Gasteiger partial charge in [-0.05, 0) is 19.1 Å². The standard InChI is InChI=1S/C13H12ClFO3/c1-2-17-13(16)10-6-5-18-12-7(14)3-4-8(15)11(12)9(6)10/h3-4,6,9-10H,2,5H2,1H3/t6-,9+,10?/m0/s1. The van der Waals surface area contributed by atoms with E-state index in [1.54, 1.807) is 6.92 Å². The van der Waals surface area contributed by atoms with Crippen molar-refractivity contribution in [1.82, 2.24) is 0 Å². The first kappa shape index (κ1) is 11.8. The van der Waals surface area contributed by atoms with E-state index >= 15 is 0 Å². The quantitative estimate of drug-likeness (QED) is 0.775. The molecule has 0 bridgehead atoms. The van der Waals surface area contributed by atoms with E-state index in [9.17, 15) is 9.18 Å². The van der Waals surface area contributed by atoms with Crippen LogP contribution in [0.2, 0.25) is 5.02 Å². The third-order valence-electron chi connectivity index (χ3n) is 3.58. The van der Waals surface area contributed by atoms with Crippen molar-refractivity contribution in [3.63, 3.8) is 0 Å². The van der Waals surface area contributed by atoms with Gasteiger partial charge in [-0.2, -0.15) is 0 Å². The van der Waals surface area contributed by atoms with Crippen LogP contribution in [-0.4, -0.2) is 19.2 Å². The van der Waals surface area contributed by atoms with Gasteiger partial charge in [0, 0.05) is 17.4 Å². The smallest absolute Gasteiger partial charge is 0.309 e. The van der Waals surface area contributed by atoms with Crippen LogP contribution in [0.1, 0.15) is 18.4 Å². The Kier molecular flexibility index (Phi) is 2.70. The molecule has 1 aliphatic carbocycles. The molecule has 3 atom stereocenters. The van der Waals surface area contributed by atoms with Crippen LogP contribution in [0.5, 0.6) is 5.75 Å². The minimum atomic E-state index is -0.365. The average molecular weight is 271 g/mol. The van der Waals surface area contributed by atoms with Crippen LogP contribution in [0.25, 0.3) is 0 Å². The van der Waals surface area contributed by atoms with Crippen LogP contribution >= 0.6 is 11.6 Å². The number of carbonyl (C=O) groups is 1. The molecule has 0 spiro atoms. The van der Waals surface area contributed by atoms with E-state index in [-0.39, 0.29) is 29.5 Å². The molecule has 0 radical (unpaired) electrons. The summed E-state index contributed by atoms with van der Waals surface area (Å²) in [6, 6.07) is 2.78. The summed E-state index contributed by atoms with van der Waals surface area (Å²) in [5.41, 5.74) is 0.428. The van der Waals surface area contributed by atoms with Gasteiger partial charge in [-0.25, -0.2) is 4.39 Å². The van der Waals surface area contributed by atoms with Crippen molar-refractivity contribution >= 4 is 17.6 Å². The Balaban J connectivity index is 1.95. The van der Waals surface area contributed by atoms with Gasteiger partial charge in [0.25, 0.3) is 0 Å². The number of halogens is 2. The zero-order chi connectivity index (χ0) is 12.9. The largest absolute Gasteiger partial charge is 0.491 e. The maximum atomic E-state index is 13.9. The molecule has 1 aromatic carbocycles. The molecule has 1 heterocycles. The molecule has 0 amide bonds. The van der Waals surface area contributed by atoms with Crippen LogP contribution < -0.4 is 4.74 Å². The molecule has 0 saturated heterocycles. The number of hydrogen-bond acceptors (Lipinski definition) is 3. The van der Waals surface area contributed by atoms with E-state index in [0.29, 0.717) is 29.5 Å². The molecule has 1 aliphatic heterocycles. The topological polar surface area (TPSA) is 35.5 Å². The third-order valence-corrected chi connectivity index (χ3v) is 3.87. The summed E-state index contributed by atoms with van der Waals surface area (Å²) in [4.78, 5) is 11.7. The summed E-state index contributed by atoms with van der Waals surface area (Å²) in [7, 11) is 0. The monoisotopic (exact) mass is 270 g/mol. The lowest BCUT2D eigenvalue weighted by atomic mass is 10.0. The van der Waals surface area contributed by atoms with Gasteiger partial charge >= 0.3 is 5.97 Å². The van der Waals surface area contributed by atoms with Crippen molar-refractivity contribution < 1.29 is 18.7 Å². The summed E-state index contributed by atoms with van der Waals surface area (Å²) in [6.07, 6.45) is 0. The lowest BCUT2D eigenvalue weighted by molar-refractivity contribution is -0.145. The molecular weight excluding hydrogens is 259 g/mol. The molecular formula is C13H12ClFO3. The molecule has 0 N–H and O–H groups in total. The van der Waals surface area contributed by atoms with Crippen LogP contribution in [0.3, 0.4) is 0 Å². The summed E-state index contributed by atoms with van der Waals surface area (Å²) >= 11 is 5.98. The maximum absolute atomic E-state index is 13.9. The van der Waals surface area contributed by atoms with Crippen molar-refractivity contribution in [3.05, 3.63) is 28.5 Å². The van der Waals surface area contributed by atoms with E-state index < -0.39 is 0 Å². The van der Waals surface area contributed by atoms with Crippen molar-refractivity contribution in [1.29, 1.82) is 0 Å². The molecule has 1 saturated carbocycles. The highest BCUT2D eigenvalue weighted by atomic mass is 35.5. The Morgan fingerprint density at radius 3 is 3.11 bits per heavy atom. The highest BCUT2D eigenvalue weighted by Crippen LogP contribution is 2.61. The maximum Gasteiger partial charge on any atom is 0.309 e. The molecule has 3 rings (SSSR count). The highest BCUT2D eigenvalue weighted by molar-refractivity contribution is 6.32. The van der Waals surface area contributed by atoms with Gasteiger partial charge in [0.05, 0.1) is 24.2 Å². The fourth-order valence-corrected chi connectivity index (χ4v) is 2.94. The number of rotatable bonds is 2. The lowest BCUT2D eigenvalue weighted by Gasteiger charge is -2.17.